The van der Waals surface area contributed by atoms with Crippen LogP contribution in [-0.4, -0.2) is 43.6 Å². The van der Waals surface area contributed by atoms with E-state index in [-0.39, 0.29) is 6.03 Å². The van der Waals surface area contributed by atoms with Crippen molar-refractivity contribution in [1.82, 2.24) is 24.5 Å². The molecule has 5 rings (SSSR count). The number of fused-ring (bicyclic) bond motifs is 1. The zero-order chi connectivity index (χ0) is 21.9. The minimum Gasteiger partial charge on any atom is -0.467 e. The standard InChI is InChI=1S/C23H23N7O2/c1-16-4-6-18(7-5-16)27-23(31)29-10-8-17(9-11-29)20-14-25-22(30-15-26-28-21(20)30)24-13-19-3-2-12-32-19/h2-8,12,14-15H,9-11,13H2,1H3,(H,24,25)(H,27,31). The van der Waals surface area contributed by atoms with Crippen LogP contribution in [0.15, 0.2) is 65.7 Å². The highest BCUT2D eigenvalue weighted by atomic mass is 16.3. The highest BCUT2D eigenvalue weighted by molar-refractivity contribution is 5.90. The third kappa shape index (κ3) is 4.04. The second-order valence-electron chi connectivity index (χ2n) is 7.67. The number of amides is 2. The number of hydrogen-bond donors (Lipinski definition) is 2. The van der Waals surface area contributed by atoms with Gasteiger partial charge in [-0.2, -0.15) is 0 Å². The summed E-state index contributed by atoms with van der Waals surface area (Å²) in [5.41, 5.74) is 4.70. The minimum atomic E-state index is -0.104. The van der Waals surface area contributed by atoms with E-state index in [2.05, 4.69) is 31.9 Å². The summed E-state index contributed by atoms with van der Waals surface area (Å²) in [6.45, 7) is 3.67. The van der Waals surface area contributed by atoms with Crippen molar-refractivity contribution in [1.29, 1.82) is 0 Å². The predicted molar refractivity (Wildman–Crippen MR) is 121 cm³/mol. The molecule has 2 amide bonds. The van der Waals surface area contributed by atoms with Crippen molar-refractivity contribution in [2.75, 3.05) is 23.7 Å². The Morgan fingerprint density at radius 2 is 2.09 bits per heavy atom. The fourth-order valence-corrected chi connectivity index (χ4v) is 3.69. The monoisotopic (exact) mass is 429 g/mol. The van der Waals surface area contributed by atoms with E-state index in [4.69, 9.17) is 4.42 Å². The second-order valence-corrected chi connectivity index (χ2v) is 7.67. The van der Waals surface area contributed by atoms with E-state index < -0.39 is 0 Å². The Morgan fingerprint density at radius 1 is 1.22 bits per heavy atom. The van der Waals surface area contributed by atoms with Gasteiger partial charge in [0, 0.05) is 30.5 Å². The molecule has 2 N–H and O–H groups in total. The number of aromatic nitrogens is 4. The summed E-state index contributed by atoms with van der Waals surface area (Å²) in [6, 6.07) is 11.4. The Bertz CT molecular complexity index is 1260. The van der Waals surface area contributed by atoms with Gasteiger partial charge in [0.25, 0.3) is 0 Å². The summed E-state index contributed by atoms with van der Waals surface area (Å²) in [6.07, 6.45) is 7.86. The summed E-state index contributed by atoms with van der Waals surface area (Å²) < 4.78 is 7.19. The van der Waals surface area contributed by atoms with Crippen LogP contribution in [-0.2, 0) is 6.54 Å². The first-order valence-corrected chi connectivity index (χ1v) is 10.4. The van der Waals surface area contributed by atoms with Crippen molar-refractivity contribution in [3.05, 3.63) is 78.1 Å². The van der Waals surface area contributed by atoms with Gasteiger partial charge in [-0.05, 0) is 43.2 Å². The lowest BCUT2D eigenvalue weighted by Crippen LogP contribution is -2.37. The van der Waals surface area contributed by atoms with Crippen LogP contribution in [0.25, 0.3) is 11.2 Å². The zero-order valence-electron chi connectivity index (χ0n) is 17.7. The lowest BCUT2D eigenvalue weighted by Gasteiger charge is -2.27. The van der Waals surface area contributed by atoms with E-state index in [1.165, 1.54) is 0 Å². The van der Waals surface area contributed by atoms with Crippen LogP contribution in [0.2, 0.25) is 0 Å². The molecule has 9 nitrogen and oxygen atoms in total. The van der Waals surface area contributed by atoms with Crippen LogP contribution in [0.3, 0.4) is 0 Å². The van der Waals surface area contributed by atoms with Gasteiger partial charge in [-0.15, -0.1) is 10.2 Å². The number of benzene rings is 1. The average Bonchev–Trinajstić information content (AvgIpc) is 3.51. The molecule has 0 fully saturated rings. The van der Waals surface area contributed by atoms with Crippen LogP contribution in [0, 0.1) is 6.92 Å². The maximum atomic E-state index is 12.6. The van der Waals surface area contributed by atoms with Gasteiger partial charge in [0.2, 0.25) is 5.95 Å². The molecule has 0 saturated carbocycles. The van der Waals surface area contributed by atoms with E-state index in [9.17, 15) is 4.79 Å². The molecular formula is C23H23N7O2. The molecule has 4 aromatic rings. The normalized spacial score (nSPS) is 13.8. The molecule has 0 saturated heterocycles. The topological polar surface area (TPSA) is 101 Å². The SMILES string of the molecule is Cc1ccc(NC(=O)N2CC=C(c3cnc(NCc4ccco4)n4cnnc34)CC2)cc1. The Balaban J connectivity index is 1.29. The molecule has 1 aromatic carbocycles. The summed E-state index contributed by atoms with van der Waals surface area (Å²) in [7, 11) is 0. The van der Waals surface area contributed by atoms with Gasteiger partial charge in [0.1, 0.15) is 12.1 Å². The Labute approximate surface area is 184 Å². The van der Waals surface area contributed by atoms with Crippen molar-refractivity contribution in [3.63, 3.8) is 0 Å². The molecule has 0 unspecified atom stereocenters. The molecule has 0 atom stereocenters. The molecule has 0 radical (unpaired) electrons. The van der Waals surface area contributed by atoms with Crippen LogP contribution in [0.5, 0.6) is 0 Å². The van der Waals surface area contributed by atoms with Gasteiger partial charge in [0.05, 0.1) is 12.8 Å². The second kappa shape index (κ2) is 8.54. The lowest BCUT2D eigenvalue weighted by atomic mass is 10.0. The van der Waals surface area contributed by atoms with Crippen LogP contribution in [0.1, 0.15) is 23.3 Å². The Hall–Kier alpha value is -4.14. The van der Waals surface area contributed by atoms with Crippen LogP contribution >= 0.6 is 0 Å². The Morgan fingerprint density at radius 3 is 2.84 bits per heavy atom. The summed E-state index contributed by atoms with van der Waals surface area (Å²) in [4.78, 5) is 19.0. The lowest BCUT2D eigenvalue weighted by molar-refractivity contribution is 0.217. The number of carbonyl (C=O) groups is 1. The molecule has 0 spiro atoms. The maximum absolute atomic E-state index is 12.6. The van der Waals surface area contributed by atoms with E-state index in [0.29, 0.717) is 32.0 Å². The fourth-order valence-electron chi connectivity index (χ4n) is 3.69. The predicted octanol–water partition coefficient (Wildman–Crippen LogP) is 3.96. The summed E-state index contributed by atoms with van der Waals surface area (Å²) in [5, 5.41) is 14.6. The number of furan rings is 1. The molecular weight excluding hydrogens is 406 g/mol. The van der Waals surface area contributed by atoms with Crippen molar-refractivity contribution in [3.8, 4) is 0 Å². The number of carbonyl (C=O) groups excluding carboxylic acids is 1. The maximum Gasteiger partial charge on any atom is 0.322 e. The number of urea groups is 1. The molecule has 9 heteroatoms. The first-order chi connectivity index (χ1) is 15.7. The van der Waals surface area contributed by atoms with Crippen molar-refractivity contribution in [2.45, 2.75) is 19.9 Å². The number of nitrogens with zero attached hydrogens (tertiary/aromatic N) is 5. The number of nitrogens with one attached hydrogen (secondary N) is 2. The molecule has 0 aliphatic carbocycles. The highest BCUT2D eigenvalue weighted by Crippen LogP contribution is 2.26. The van der Waals surface area contributed by atoms with Gasteiger partial charge in [-0.25, -0.2) is 9.78 Å². The van der Waals surface area contributed by atoms with Gasteiger partial charge >= 0.3 is 6.03 Å². The van der Waals surface area contributed by atoms with Crippen LogP contribution in [0.4, 0.5) is 16.4 Å². The van der Waals surface area contributed by atoms with Gasteiger partial charge < -0.3 is 20.0 Å². The molecule has 3 aromatic heterocycles. The summed E-state index contributed by atoms with van der Waals surface area (Å²) in [5.74, 6) is 1.46. The molecule has 4 heterocycles. The Kier molecular flexibility index (Phi) is 5.29. The molecule has 1 aliphatic rings. The number of anilines is 2. The fraction of sp³-hybridized carbons (Fsp3) is 0.217. The first kappa shape index (κ1) is 19.8. The molecule has 162 valence electrons. The smallest absolute Gasteiger partial charge is 0.322 e. The van der Waals surface area contributed by atoms with E-state index in [0.717, 1.165) is 33.8 Å². The molecule has 32 heavy (non-hydrogen) atoms. The van der Waals surface area contributed by atoms with Crippen molar-refractivity contribution in [2.24, 2.45) is 0 Å². The first-order valence-electron chi connectivity index (χ1n) is 10.4. The largest absolute Gasteiger partial charge is 0.467 e. The molecule has 1 aliphatic heterocycles. The van der Waals surface area contributed by atoms with Gasteiger partial charge in [-0.3, -0.25) is 4.40 Å². The van der Waals surface area contributed by atoms with E-state index in [1.807, 2.05) is 53.9 Å². The highest BCUT2D eigenvalue weighted by Gasteiger charge is 2.21. The number of aryl methyl sites for hydroxylation is 1. The van der Waals surface area contributed by atoms with Crippen molar-refractivity contribution < 1.29 is 9.21 Å². The summed E-state index contributed by atoms with van der Waals surface area (Å²) >= 11 is 0. The van der Waals surface area contributed by atoms with Gasteiger partial charge in [0.15, 0.2) is 5.65 Å². The van der Waals surface area contributed by atoms with Crippen LogP contribution < -0.4 is 10.6 Å². The van der Waals surface area contributed by atoms with Gasteiger partial charge in [-0.1, -0.05) is 23.8 Å². The third-order valence-electron chi connectivity index (χ3n) is 5.48. The molecule has 0 bridgehead atoms. The average molecular weight is 429 g/mol. The number of hydrogen-bond acceptors (Lipinski definition) is 6. The van der Waals surface area contributed by atoms with E-state index >= 15 is 0 Å². The van der Waals surface area contributed by atoms with E-state index in [1.54, 1.807) is 17.5 Å². The zero-order valence-corrected chi connectivity index (χ0v) is 17.7. The minimum absolute atomic E-state index is 0.104. The number of rotatable bonds is 5. The third-order valence-corrected chi connectivity index (χ3v) is 5.48. The van der Waals surface area contributed by atoms with Crippen molar-refractivity contribution >= 4 is 28.9 Å². The quantitative estimate of drug-likeness (QED) is 0.498.